The monoisotopic (exact) mass is 390 g/mol. The summed E-state index contributed by atoms with van der Waals surface area (Å²) in [5, 5.41) is 5.91. The van der Waals surface area contributed by atoms with Crippen LogP contribution < -0.4 is 15.5 Å². The van der Waals surface area contributed by atoms with Crippen molar-refractivity contribution in [2.75, 3.05) is 23.3 Å². The number of amides is 4. The number of hydrogen-bond donors (Lipinski definition) is 2. The molecule has 0 bridgehead atoms. The summed E-state index contributed by atoms with van der Waals surface area (Å²) in [6.07, 6.45) is 5.35. The molecule has 0 unspecified atom stereocenters. The fourth-order valence-corrected chi connectivity index (χ4v) is 4.59. The maximum absolute atomic E-state index is 13.3. The van der Waals surface area contributed by atoms with Gasteiger partial charge in [-0.05, 0) is 61.4 Å². The normalized spacial score (nSPS) is 20.8. The standard InChI is InChI=1S/C23H26N4O2/c28-22-24-13-14-26(22)19-8-4-7-17(15-19)25-23(29)27(18-11-12-18)21-10-3-6-16-5-1-2-9-20(16)21/h1-2,4-5,7-9,15,18,21H,3,6,10-14H2,(H,24,28)(H,25,29)/t21-/m1/s1. The Morgan fingerprint density at radius 3 is 2.76 bits per heavy atom. The molecule has 2 N–H and O–H groups in total. The zero-order valence-corrected chi connectivity index (χ0v) is 16.4. The molecule has 0 aromatic heterocycles. The molecule has 0 spiro atoms. The lowest BCUT2D eigenvalue weighted by molar-refractivity contribution is 0.175. The van der Waals surface area contributed by atoms with E-state index in [1.54, 1.807) is 4.90 Å². The minimum Gasteiger partial charge on any atom is -0.336 e. The molecule has 1 atom stereocenters. The van der Waals surface area contributed by atoms with Crippen LogP contribution in [0.5, 0.6) is 0 Å². The van der Waals surface area contributed by atoms with Gasteiger partial charge >= 0.3 is 12.1 Å². The van der Waals surface area contributed by atoms with Crippen molar-refractivity contribution in [1.29, 1.82) is 0 Å². The minimum atomic E-state index is -0.0908. The van der Waals surface area contributed by atoms with Gasteiger partial charge in [-0.15, -0.1) is 0 Å². The van der Waals surface area contributed by atoms with Crippen molar-refractivity contribution in [2.45, 2.75) is 44.2 Å². The summed E-state index contributed by atoms with van der Waals surface area (Å²) < 4.78 is 0. The quantitative estimate of drug-likeness (QED) is 0.818. The molecule has 6 heteroatoms. The Bertz CT molecular complexity index is 940. The summed E-state index contributed by atoms with van der Waals surface area (Å²) in [5.41, 5.74) is 4.19. The summed E-state index contributed by atoms with van der Waals surface area (Å²) >= 11 is 0. The Morgan fingerprint density at radius 1 is 1.10 bits per heavy atom. The first-order valence-corrected chi connectivity index (χ1v) is 10.5. The number of nitrogens with one attached hydrogen (secondary N) is 2. The maximum atomic E-state index is 13.3. The molecule has 1 saturated heterocycles. The zero-order valence-electron chi connectivity index (χ0n) is 16.4. The van der Waals surface area contributed by atoms with Gasteiger partial charge in [0.2, 0.25) is 0 Å². The molecule has 1 heterocycles. The number of fused-ring (bicyclic) bond motifs is 1. The van der Waals surface area contributed by atoms with Gasteiger partial charge in [-0.25, -0.2) is 9.59 Å². The summed E-state index contributed by atoms with van der Waals surface area (Å²) in [7, 11) is 0. The van der Waals surface area contributed by atoms with E-state index in [1.807, 2.05) is 24.3 Å². The second kappa shape index (κ2) is 7.43. The molecule has 2 aliphatic carbocycles. The third-order valence-corrected chi connectivity index (χ3v) is 6.11. The van der Waals surface area contributed by atoms with Crippen molar-refractivity contribution in [1.82, 2.24) is 10.2 Å². The predicted octanol–water partition coefficient (Wildman–Crippen LogP) is 4.29. The van der Waals surface area contributed by atoms with Crippen molar-refractivity contribution >= 4 is 23.4 Å². The van der Waals surface area contributed by atoms with Crippen LogP contribution in [0.15, 0.2) is 48.5 Å². The summed E-state index contributed by atoms with van der Waals surface area (Å²) in [6.45, 7) is 1.29. The van der Waals surface area contributed by atoms with Gasteiger partial charge in [-0.3, -0.25) is 4.90 Å². The topological polar surface area (TPSA) is 64.7 Å². The number of hydrogen-bond acceptors (Lipinski definition) is 2. The van der Waals surface area contributed by atoms with Crippen LogP contribution in [0.3, 0.4) is 0 Å². The highest BCUT2D eigenvalue weighted by Crippen LogP contribution is 2.41. The zero-order chi connectivity index (χ0) is 19.8. The highest BCUT2D eigenvalue weighted by molar-refractivity contribution is 5.96. The summed E-state index contributed by atoms with van der Waals surface area (Å²) in [5.74, 6) is 0. The van der Waals surface area contributed by atoms with Crippen LogP contribution in [0.4, 0.5) is 21.0 Å². The third kappa shape index (κ3) is 3.55. The second-order valence-corrected chi connectivity index (χ2v) is 8.11. The van der Waals surface area contributed by atoms with Crippen LogP contribution in [0.2, 0.25) is 0 Å². The van der Waals surface area contributed by atoms with E-state index in [-0.39, 0.29) is 18.1 Å². The van der Waals surface area contributed by atoms with Crippen LogP contribution in [-0.4, -0.2) is 36.1 Å². The molecule has 1 aliphatic heterocycles. The number of anilines is 2. The van der Waals surface area contributed by atoms with Gasteiger partial charge in [0, 0.05) is 30.5 Å². The molecule has 3 aliphatic rings. The van der Waals surface area contributed by atoms with E-state index in [0.717, 1.165) is 43.5 Å². The van der Waals surface area contributed by atoms with E-state index in [0.29, 0.717) is 19.1 Å². The molecule has 1 saturated carbocycles. The number of benzene rings is 2. The fourth-order valence-electron chi connectivity index (χ4n) is 4.59. The van der Waals surface area contributed by atoms with E-state index in [4.69, 9.17) is 0 Å². The number of urea groups is 2. The first-order valence-electron chi connectivity index (χ1n) is 10.5. The molecule has 29 heavy (non-hydrogen) atoms. The van der Waals surface area contributed by atoms with Gasteiger partial charge in [0.25, 0.3) is 0 Å². The van der Waals surface area contributed by atoms with E-state index in [2.05, 4.69) is 39.8 Å². The van der Waals surface area contributed by atoms with Crippen LogP contribution in [-0.2, 0) is 6.42 Å². The van der Waals surface area contributed by atoms with E-state index in [9.17, 15) is 9.59 Å². The number of carbonyl (C=O) groups is 2. The van der Waals surface area contributed by atoms with Gasteiger partial charge in [-0.2, -0.15) is 0 Å². The van der Waals surface area contributed by atoms with Crippen molar-refractivity contribution in [3.8, 4) is 0 Å². The van der Waals surface area contributed by atoms with Gasteiger partial charge in [0.15, 0.2) is 0 Å². The van der Waals surface area contributed by atoms with Crippen LogP contribution >= 0.6 is 0 Å². The average Bonchev–Trinajstić information content (AvgIpc) is 3.47. The molecule has 5 rings (SSSR count). The molecule has 0 radical (unpaired) electrons. The minimum absolute atomic E-state index is 0.0442. The van der Waals surface area contributed by atoms with Crippen LogP contribution in [0.25, 0.3) is 0 Å². The van der Waals surface area contributed by atoms with Crippen molar-refractivity contribution in [3.05, 3.63) is 59.7 Å². The molecule has 2 aromatic rings. The Morgan fingerprint density at radius 2 is 1.97 bits per heavy atom. The first kappa shape index (κ1) is 18.0. The fraction of sp³-hybridized carbons (Fsp3) is 0.391. The van der Waals surface area contributed by atoms with E-state index in [1.165, 1.54) is 11.1 Å². The van der Waals surface area contributed by atoms with Crippen molar-refractivity contribution in [3.63, 3.8) is 0 Å². The summed E-state index contributed by atoms with van der Waals surface area (Å²) in [4.78, 5) is 29.0. The second-order valence-electron chi connectivity index (χ2n) is 8.11. The lowest BCUT2D eigenvalue weighted by Gasteiger charge is -2.36. The molecular formula is C23H26N4O2. The highest BCUT2D eigenvalue weighted by Gasteiger charge is 2.39. The van der Waals surface area contributed by atoms with E-state index >= 15 is 0 Å². The molecular weight excluding hydrogens is 364 g/mol. The Labute approximate surface area is 170 Å². The van der Waals surface area contributed by atoms with Crippen molar-refractivity contribution < 1.29 is 9.59 Å². The van der Waals surface area contributed by atoms with Gasteiger partial charge < -0.3 is 15.5 Å². The molecule has 2 fully saturated rings. The lowest BCUT2D eigenvalue weighted by Crippen LogP contribution is -2.41. The van der Waals surface area contributed by atoms with Gasteiger partial charge in [-0.1, -0.05) is 30.3 Å². The third-order valence-electron chi connectivity index (χ3n) is 6.11. The Kier molecular flexibility index (Phi) is 4.62. The number of rotatable bonds is 4. The molecule has 2 aromatic carbocycles. The lowest BCUT2D eigenvalue weighted by atomic mass is 9.87. The van der Waals surface area contributed by atoms with Gasteiger partial charge in [0.1, 0.15) is 0 Å². The smallest absolute Gasteiger partial charge is 0.322 e. The first-order chi connectivity index (χ1) is 14.2. The largest absolute Gasteiger partial charge is 0.336 e. The predicted molar refractivity (Wildman–Crippen MR) is 113 cm³/mol. The molecule has 4 amide bonds. The van der Waals surface area contributed by atoms with Crippen molar-refractivity contribution in [2.24, 2.45) is 0 Å². The Hall–Kier alpha value is -3.02. The highest BCUT2D eigenvalue weighted by atomic mass is 16.2. The number of aryl methyl sites for hydroxylation is 1. The number of carbonyl (C=O) groups excluding carboxylic acids is 2. The van der Waals surface area contributed by atoms with Crippen LogP contribution in [0.1, 0.15) is 42.9 Å². The molecule has 6 nitrogen and oxygen atoms in total. The van der Waals surface area contributed by atoms with Gasteiger partial charge in [0.05, 0.1) is 6.04 Å². The number of nitrogens with zero attached hydrogens (tertiary/aromatic N) is 2. The van der Waals surface area contributed by atoms with Crippen LogP contribution in [0, 0.1) is 0 Å². The maximum Gasteiger partial charge on any atom is 0.322 e. The molecule has 150 valence electrons. The average molecular weight is 390 g/mol. The summed E-state index contributed by atoms with van der Waals surface area (Å²) in [6, 6.07) is 16.4. The van der Waals surface area contributed by atoms with E-state index < -0.39 is 0 Å². The Balaban J connectivity index is 1.38. The SMILES string of the molecule is O=C1NCCN1c1cccc(NC(=O)N(C2CC2)[C@@H]2CCCc3ccccc32)c1.